The lowest BCUT2D eigenvalue weighted by molar-refractivity contribution is -0.137. The Morgan fingerprint density at radius 3 is 2.50 bits per heavy atom. The van der Waals surface area contributed by atoms with Crippen molar-refractivity contribution in [3.8, 4) is 28.4 Å². The number of nitrogens with one attached hydrogen (secondary N) is 1. The Morgan fingerprint density at radius 2 is 1.87 bits per heavy atom. The van der Waals surface area contributed by atoms with Gasteiger partial charge in [-0.05, 0) is 63.9 Å². The van der Waals surface area contributed by atoms with Gasteiger partial charge >= 0.3 is 6.18 Å². The van der Waals surface area contributed by atoms with Gasteiger partial charge < -0.3 is 19.7 Å². The molecule has 2 N–H and O–H groups in total. The second kappa shape index (κ2) is 11.8. The lowest BCUT2D eigenvalue weighted by atomic mass is 9.85. The van der Waals surface area contributed by atoms with E-state index in [1.165, 1.54) is 18.6 Å². The van der Waals surface area contributed by atoms with Crippen molar-refractivity contribution in [2.24, 2.45) is 5.92 Å². The first-order valence-electron chi connectivity index (χ1n) is 13.1. The number of aromatic nitrogens is 3. The van der Waals surface area contributed by atoms with Crippen molar-refractivity contribution in [1.82, 2.24) is 20.4 Å². The minimum atomic E-state index is -4.62. The number of aliphatic hydroxyl groups excluding tert-OH is 1. The van der Waals surface area contributed by atoms with Gasteiger partial charge in [-0.15, -0.1) is 0 Å². The van der Waals surface area contributed by atoms with Crippen LogP contribution in [0.25, 0.3) is 22.6 Å². The first-order chi connectivity index (χ1) is 18.1. The van der Waals surface area contributed by atoms with Crippen molar-refractivity contribution in [3.63, 3.8) is 0 Å². The van der Waals surface area contributed by atoms with Crippen LogP contribution in [0.4, 0.5) is 13.2 Å². The van der Waals surface area contributed by atoms with Gasteiger partial charge in [-0.1, -0.05) is 37.3 Å². The minimum Gasteiger partial charge on any atom is -0.491 e. The summed E-state index contributed by atoms with van der Waals surface area (Å²) in [5.74, 6) is 1.14. The van der Waals surface area contributed by atoms with Crippen LogP contribution in [-0.2, 0) is 12.6 Å². The molecule has 38 heavy (non-hydrogen) atoms. The SMILES string of the molecule is CNC[C@@H](O)COc1ccc(C(F)(F)F)c(-c2nc(CC3CCCCC3)c(C)c(-c3c(C)noc3C)n2)c1. The summed E-state index contributed by atoms with van der Waals surface area (Å²) < 4.78 is 53.5. The summed E-state index contributed by atoms with van der Waals surface area (Å²) >= 11 is 0. The highest BCUT2D eigenvalue weighted by Gasteiger charge is 2.35. The van der Waals surface area contributed by atoms with Crippen LogP contribution >= 0.6 is 0 Å². The summed E-state index contributed by atoms with van der Waals surface area (Å²) in [5.41, 5.74) is 2.36. The fraction of sp³-hybridized carbons (Fsp3) is 0.536. The van der Waals surface area contributed by atoms with Gasteiger partial charge in [0.2, 0.25) is 0 Å². The third-order valence-electron chi connectivity index (χ3n) is 7.14. The zero-order valence-corrected chi connectivity index (χ0v) is 22.3. The average molecular weight is 533 g/mol. The molecule has 2 aromatic heterocycles. The lowest BCUT2D eigenvalue weighted by Crippen LogP contribution is -2.29. The first-order valence-corrected chi connectivity index (χ1v) is 13.1. The van der Waals surface area contributed by atoms with Gasteiger partial charge in [0.1, 0.15) is 24.2 Å². The first kappa shape index (κ1) is 28.0. The number of ether oxygens (including phenoxy) is 1. The van der Waals surface area contributed by atoms with Crippen molar-refractivity contribution in [2.45, 2.75) is 71.6 Å². The predicted molar refractivity (Wildman–Crippen MR) is 138 cm³/mol. The Bertz CT molecular complexity index is 1230. The number of hydrogen-bond acceptors (Lipinski definition) is 7. The number of alkyl halides is 3. The molecule has 0 radical (unpaired) electrons. The van der Waals surface area contributed by atoms with E-state index in [2.05, 4.69) is 15.5 Å². The number of hydrogen-bond donors (Lipinski definition) is 2. The van der Waals surface area contributed by atoms with Gasteiger partial charge in [0, 0.05) is 17.8 Å². The maximum absolute atomic E-state index is 14.2. The molecular formula is C28H35F3N4O3. The monoisotopic (exact) mass is 532 g/mol. The summed E-state index contributed by atoms with van der Waals surface area (Å²) in [6.07, 6.45) is 0.891. The van der Waals surface area contributed by atoms with Gasteiger partial charge in [-0.2, -0.15) is 13.2 Å². The molecule has 0 spiro atoms. The highest BCUT2D eigenvalue weighted by molar-refractivity contribution is 5.72. The van der Waals surface area contributed by atoms with Crippen LogP contribution in [0.5, 0.6) is 5.75 Å². The second-order valence-corrected chi connectivity index (χ2v) is 10.1. The second-order valence-electron chi connectivity index (χ2n) is 10.1. The molecule has 0 bridgehead atoms. The van der Waals surface area contributed by atoms with Crippen LogP contribution in [-0.4, -0.2) is 46.5 Å². The Balaban J connectivity index is 1.85. The highest BCUT2D eigenvalue weighted by atomic mass is 19.4. The standard InChI is InChI=1S/C28H35F3N4O3/c1-16-24(12-19-8-6-5-7-9-19)33-27(34-26(16)25-17(2)35-38-18(25)3)22-13-21(37-15-20(36)14-32-4)10-11-23(22)28(29,30)31/h10-11,13,19-20,32,36H,5-9,12,14-15H2,1-4H3/t20-/m1/s1. The molecule has 4 rings (SSSR count). The zero-order chi connectivity index (χ0) is 27.4. The van der Waals surface area contributed by atoms with E-state index in [0.29, 0.717) is 41.6 Å². The van der Waals surface area contributed by atoms with Crippen molar-refractivity contribution in [3.05, 3.63) is 46.5 Å². The van der Waals surface area contributed by atoms with Crippen LogP contribution in [0, 0.1) is 26.7 Å². The van der Waals surface area contributed by atoms with E-state index >= 15 is 0 Å². The van der Waals surface area contributed by atoms with Crippen molar-refractivity contribution >= 4 is 0 Å². The molecule has 1 saturated carbocycles. The van der Waals surface area contributed by atoms with E-state index in [-0.39, 0.29) is 23.7 Å². The molecule has 0 saturated heterocycles. The van der Waals surface area contributed by atoms with Crippen molar-refractivity contribution < 1.29 is 27.5 Å². The van der Waals surface area contributed by atoms with E-state index in [4.69, 9.17) is 14.2 Å². The van der Waals surface area contributed by atoms with Crippen LogP contribution in [0.3, 0.4) is 0 Å². The summed E-state index contributed by atoms with van der Waals surface area (Å²) in [6, 6.07) is 3.54. The van der Waals surface area contributed by atoms with E-state index in [1.807, 2.05) is 6.92 Å². The van der Waals surface area contributed by atoms with Gasteiger partial charge in [0.15, 0.2) is 5.82 Å². The molecule has 1 aliphatic rings. The summed E-state index contributed by atoms with van der Waals surface area (Å²) in [5, 5.41) is 16.9. The maximum Gasteiger partial charge on any atom is 0.417 e. The largest absolute Gasteiger partial charge is 0.491 e. The molecule has 1 aliphatic carbocycles. The zero-order valence-electron chi connectivity index (χ0n) is 22.3. The number of likely N-dealkylation sites (N-methyl/N-ethyl adjacent to an activating group) is 1. The van der Waals surface area contributed by atoms with Crippen LogP contribution in [0.15, 0.2) is 22.7 Å². The highest BCUT2D eigenvalue weighted by Crippen LogP contribution is 2.40. The van der Waals surface area contributed by atoms with E-state index in [0.717, 1.165) is 43.0 Å². The molecule has 3 aromatic rings. The maximum atomic E-state index is 14.2. The van der Waals surface area contributed by atoms with Crippen LogP contribution in [0.2, 0.25) is 0 Å². The smallest absolute Gasteiger partial charge is 0.417 e. The molecule has 0 amide bonds. The molecule has 7 nitrogen and oxygen atoms in total. The normalized spacial score (nSPS) is 15.6. The van der Waals surface area contributed by atoms with Gasteiger partial charge in [0.05, 0.1) is 22.5 Å². The van der Waals surface area contributed by atoms with E-state index in [9.17, 15) is 18.3 Å². The summed E-state index contributed by atoms with van der Waals surface area (Å²) in [7, 11) is 1.69. The van der Waals surface area contributed by atoms with Gasteiger partial charge in [-0.25, -0.2) is 9.97 Å². The van der Waals surface area contributed by atoms with E-state index < -0.39 is 17.8 Å². The fourth-order valence-corrected chi connectivity index (χ4v) is 5.14. The van der Waals surface area contributed by atoms with Crippen LogP contribution < -0.4 is 10.1 Å². The van der Waals surface area contributed by atoms with Crippen molar-refractivity contribution in [2.75, 3.05) is 20.2 Å². The summed E-state index contributed by atoms with van der Waals surface area (Å²) in [4.78, 5) is 9.40. The number of benzene rings is 1. The number of aryl methyl sites for hydroxylation is 2. The average Bonchev–Trinajstić information content (AvgIpc) is 3.21. The van der Waals surface area contributed by atoms with Gasteiger partial charge in [0.25, 0.3) is 0 Å². The third kappa shape index (κ3) is 6.35. The molecule has 1 aromatic carbocycles. The predicted octanol–water partition coefficient (Wildman–Crippen LogP) is 5.82. The van der Waals surface area contributed by atoms with Crippen molar-refractivity contribution in [1.29, 1.82) is 0 Å². The Morgan fingerprint density at radius 1 is 1.13 bits per heavy atom. The topological polar surface area (TPSA) is 93.3 Å². The minimum absolute atomic E-state index is 0.0232. The molecule has 1 fully saturated rings. The number of rotatable bonds is 9. The number of nitrogens with zero attached hydrogens (tertiary/aromatic N) is 3. The number of aliphatic hydroxyl groups is 1. The third-order valence-corrected chi connectivity index (χ3v) is 7.14. The Kier molecular flexibility index (Phi) is 8.72. The molecule has 206 valence electrons. The Hall–Kier alpha value is -2.98. The number of halogens is 3. The molecule has 0 aliphatic heterocycles. The molecular weight excluding hydrogens is 497 g/mol. The lowest BCUT2D eigenvalue weighted by Gasteiger charge is -2.23. The molecule has 1 atom stereocenters. The van der Waals surface area contributed by atoms with Crippen LogP contribution in [0.1, 0.15) is 60.4 Å². The Labute approximate surface area is 220 Å². The van der Waals surface area contributed by atoms with Gasteiger partial charge in [-0.3, -0.25) is 0 Å². The molecule has 10 heteroatoms. The van der Waals surface area contributed by atoms with E-state index in [1.54, 1.807) is 20.9 Å². The molecule has 0 unspecified atom stereocenters. The molecule has 2 heterocycles. The fourth-order valence-electron chi connectivity index (χ4n) is 5.14. The quantitative estimate of drug-likeness (QED) is 0.358. The summed E-state index contributed by atoms with van der Waals surface area (Å²) in [6.45, 7) is 5.69.